The molecule has 4 amide bonds. The van der Waals surface area contributed by atoms with Crippen molar-refractivity contribution in [2.75, 3.05) is 32.1 Å². The molecule has 1 aromatic carbocycles. The molecule has 0 saturated heterocycles. The lowest BCUT2D eigenvalue weighted by molar-refractivity contribution is -0.142. The average Bonchev–Trinajstić information content (AvgIpc) is 2.78. The van der Waals surface area contributed by atoms with Gasteiger partial charge in [-0.15, -0.1) is 0 Å². The monoisotopic (exact) mass is 516 g/mol. The quantitative estimate of drug-likeness (QED) is 0.491. The van der Waals surface area contributed by atoms with Gasteiger partial charge in [0.25, 0.3) is 5.91 Å². The molecule has 202 valence electrons. The van der Waals surface area contributed by atoms with E-state index in [0.29, 0.717) is 0 Å². The van der Waals surface area contributed by atoms with Gasteiger partial charge < -0.3 is 30.3 Å². The molecule has 1 aliphatic heterocycles. The lowest BCUT2D eigenvalue weighted by atomic mass is 9.99. The third-order valence-corrected chi connectivity index (χ3v) is 5.80. The summed E-state index contributed by atoms with van der Waals surface area (Å²) in [7, 11) is 1.63. The number of aliphatic hydroxyl groups excluding tert-OH is 1. The maximum atomic E-state index is 13.4. The number of fused-ring (bicyclic) bond motifs is 1. The third kappa shape index (κ3) is 8.28. The molecule has 0 aliphatic carbocycles. The van der Waals surface area contributed by atoms with Crippen molar-refractivity contribution in [2.45, 2.75) is 64.9 Å². The van der Waals surface area contributed by atoms with Crippen molar-refractivity contribution < 1.29 is 37.4 Å². The maximum absolute atomic E-state index is 13.4. The molecule has 1 heterocycles. The number of ether oxygens (including phenoxy) is 1. The van der Waals surface area contributed by atoms with Crippen molar-refractivity contribution in [3.63, 3.8) is 0 Å². The van der Waals surface area contributed by atoms with Crippen LogP contribution in [-0.4, -0.2) is 83.9 Å². The fraction of sp³-hybridized carbons (Fsp3) is 0.625. The van der Waals surface area contributed by atoms with E-state index < -0.39 is 43.0 Å². The molecule has 1 aromatic rings. The Morgan fingerprint density at radius 2 is 1.94 bits per heavy atom. The number of carbonyl (C=O) groups is 3. The SMILES string of the molecule is CC(C)NC(=O)N(C)C[C@H]1Oc2ccc(NC(=O)CCC(F)(F)F)cc2C(=O)N([C@@H](C)CO)C[C@@H]1C. The van der Waals surface area contributed by atoms with Gasteiger partial charge in [0.05, 0.1) is 31.2 Å². The van der Waals surface area contributed by atoms with E-state index >= 15 is 0 Å². The van der Waals surface area contributed by atoms with Crippen LogP contribution in [0.3, 0.4) is 0 Å². The molecule has 1 aliphatic rings. The van der Waals surface area contributed by atoms with E-state index in [-0.39, 0.29) is 54.7 Å². The summed E-state index contributed by atoms with van der Waals surface area (Å²) in [6, 6.07) is 3.39. The topological polar surface area (TPSA) is 111 Å². The van der Waals surface area contributed by atoms with E-state index in [1.807, 2.05) is 20.8 Å². The van der Waals surface area contributed by atoms with Crippen molar-refractivity contribution in [3.05, 3.63) is 23.8 Å². The van der Waals surface area contributed by atoms with Crippen LogP contribution in [0.5, 0.6) is 5.75 Å². The van der Waals surface area contributed by atoms with Gasteiger partial charge in [-0.1, -0.05) is 6.92 Å². The largest absolute Gasteiger partial charge is 0.487 e. The van der Waals surface area contributed by atoms with Gasteiger partial charge >= 0.3 is 12.2 Å². The molecule has 3 N–H and O–H groups in total. The molecule has 2 rings (SSSR count). The second-order valence-electron chi connectivity index (χ2n) is 9.48. The fourth-order valence-corrected chi connectivity index (χ4v) is 3.71. The third-order valence-electron chi connectivity index (χ3n) is 5.80. The summed E-state index contributed by atoms with van der Waals surface area (Å²) in [6.07, 6.45) is -6.98. The van der Waals surface area contributed by atoms with Crippen molar-refractivity contribution >= 4 is 23.5 Å². The fourth-order valence-electron chi connectivity index (χ4n) is 3.71. The number of nitrogens with zero attached hydrogens (tertiary/aromatic N) is 2. The highest BCUT2D eigenvalue weighted by Crippen LogP contribution is 2.31. The van der Waals surface area contributed by atoms with Crippen LogP contribution in [0.4, 0.5) is 23.7 Å². The number of hydrogen-bond acceptors (Lipinski definition) is 5. The van der Waals surface area contributed by atoms with Gasteiger partial charge in [0, 0.05) is 37.7 Å². The van der Waals surface area contributed by atoms with Gasteiger partial charge in [-0.05, 0) is 39.0 Å². The van der Waals surface area contributed by atoms with Crippen LogP contribution in [0.1, 0.15) is 50.9 Å². The molecule has 0 aromatic heterocycles. The van der Waals surface area contributed by atoms with Crippen LogP contribution < -0.4 is 15.4 Å². The minimum absolute atomic E-state index is 0.0559. The lowest BCUT2D eigenvalue weighted by Crippen LogP contribution is -2.51. The molecular formula is C24H35F3N4O5. The molecule has 0 spiro atoms. The summed E-state index contributed by atoms with van der Waals surface area (Å²) in [5.74, 6) is -1.30. The van der Waals surface area contributed by atoms with Gasteiger partial charge in [0.2, 0.25) is 5.91 Å². The van der Waals surface area contributed by atoms with Gasteiger partial charge in [-0.3, -0.25) is 9.59 Å². The molecule has 3 atom stereocenters. The smallest absolute Gasteiger partial charge is 0.389 e. The number of anilines is 1. The van der Waals surface area contributed by atoms with Crippen LogP contribution in [0.2, 0.25) is 0 Å². The number of hydrogen-bond donors (Lipinski definition) is 3. The molecule has 0 fully saturated rings. The molecule has 0 saturated carbocycles. The van der Waals surface area contributed by atoms with Crippen LogP contribution in [0.25, 0.3) is 0 Å². The number of amides is 4. The Hall–Kier alpha value is -3.02. The zero-order valence-electron chi connectivity index (χ0n) is 21.2. The highest BCUT2D eigenvalue weighted by Gasteiger charge is 2.34. The number of benzene rings is 1. The van der Waals surface area contributed by atoms with E-state index in [2.05, 4.69) is 10.6 Å². The predicted octanol–water partition coefficient (Wildman–Crippen LogP) is 3.24. The summed E-state index contributed by atoms with van der Waals surface area (Å²) in [5, 5.41) is 14.9. The van der Waals surface area contributed by atoms with Crippen LogP contribution in [0.15, 0.2) is 18.2 Å². The number of alkyl halides is 3. The second kappa shape index (κ2) is 12.3. The van der Waals surface area contributed by atoms with Crippen LogP contribution in [-0.2, 0) is 4.79 Å². The van der Waals surface area contributed by atoms with Gasteiger partial charge in [-0.2, -0.15) is 13.2 Å². The van der Waals surface area contributed by atoms with Gasteiger partial charge in [0.1, 0.15) is 11.9 Å². The number of likely N-dealkylation sites (N-methyl/N-ethyl adjacent to an activating group) is 1. The minimum Gasteiger partial charge on any atom is -0.487 e. The van der Waals surface area contributed by atoms with E-state index in [1.165, 1.54) is 28.0 Å². The number of nitrogens with one attached hydrogen (secondary N) is 2. The minimum atomic E-state index is -4.46. The van der Waals surface area contributed by atoms with Gasteiger partial charge in [0.15, 0.2) is 0 Å². The Morgan fingerprint density at radius 3 is 2.53 bits per heavy atom. The van der Waals surface area contributed by atoms with E-state index in [9.17, 15) is 32.7 Å². The first kappa shape index (κ1) is 29.2. The molecule has 12 heteroatoms. The highest BCUT2D eigenvalue weighted by atomic mass is 19.4. The number of rotatable bonds is 8. The number of carbonyl (C=O) groups excluding carboxylic acids is 3. The van der Waals surface area contributed by atoms with E-state index in [4.69, 9.17) is 4.74 Å². The van der Waals surface area contributed by atoms with E-state index in [1.54, 1.807) is 14.0 Å². The number of halogens is 3. The number of aliphatic hydroxyl groups is 1. The Labute approximate surface area is 209 Å². The van der Waals surface area contributed by atoms with Crippen molar-refractivity contribution in [1.82, 2.24) is 15.1 Å². The molecule has 36 heavy (non-hydrogen) atoms. The zero-order valence-corrected chi connectivity index (χ0v) is 21.2. The first-order valence-electron chi connectivity index (χ1n) is 11.8. The normalized spacial score (nSPS) is 19.1. The Kier molecular flexibility index (Phi) is 9.97. The first-order chi connectivity index (χ1) is 16.7. The van der Waals surface area contributed by atoms with Gasteiger partial charge in [-0.25, -0.2) is 4.79 Å². The summed E-state index contributed by atoms with van der Waals surface area (Å²) >= 11 is 0. The highest BCUT2D eigenvalue weighted by molar-refractivity contribution is 5.99. The Morgan fingerprint density at radius 1 is 1.28 bits per heavy atom. The second-order valence-corrected chi connectivity index (χ2v) is 9.48. The van der Waals surface area contributed by atoms with Crippen molar-refractivity contribution in [1.29, 1.82) is 0 Å². The van der Waals surface area contributed by atoms with Crippen LogP contribution in [0, 0.1) is 5.92 Å². The standard InChI is InChI=1S/C24H35F3N4O5/c1-14(2)28-23(35)30(5)12-20-15(3)11-31(16(4)13-32)22(34)18-10-17(6-7-19(18)36-20)29-21(33)8-9-24(25,26)27/h6-7,10,14-16,20,32H,8-9,11-13H2,1-5H3,(H,28,35)(H,29,33)/t15-,16-,20+/m0/s1. The molecule has 0 radical (unpaired) electrons. The summed E-state index contributed by atoms with van der Waals surface area (Å²) in [5.41, 5.74) is 0.239. The summed E-state index contributed by atoms with van der Waals surface area (Å²) < 4.78 is 43.5. The Bertz CT molecular complexity index is 941. The van der Waals surface area contributed by atoms with Crippen molar-refractivity contribution in [3.8, 4) is 5.75 Å². The molecule has 9 nitrogen and oxygen atoms in total. The maximum Gasteiger partial charge on any atom is 0.389 e. The summed E-state index contributed by atoms with van der Waals surface area (Å²) in [6.45, 7) is 7.41. The lowest BCUT2D eigenvalue weighted by Gasteiger charge is -2.38. The van der Waals surface area contributed by atoms with E-state index in [0.717, 1.165) is 0 Å². The summed E-state index contributed by atoms with van der Waals surface area (Å²) in [4.78, 5) is 40.8. The Balaban J connectivity index is 2.34. The predicted molar refractivity (Wildman–Crippen MR) is 128 cm³/mol. The van der Waals surface area contributed by atoms with Crippen molar-refractivity contribution in [2.24, 2.45) is 5.92 Å². The molecular weight excluding hydrogens is 481 g/mol. The number of urea groups is 1. The van der Waals surface area contributed by atoms with Crippen LogP contribution >= 0.6 is 0 Å². The average molecular weight is 517 g/mol. The molecule has 0 unspecified atom stereocenters. The molecule has 0 bridgehead atoms. The first-order valence-corrected chi connectivity index (χ1v) is 11.8. The zero-order chi connectivity index (χ0) is 27.2.